The highest BCUT2D eigenvalue weighted by molar-refractivity contribution is 7.91. The lowest BCUT2D eigenvalue weighted by atomic mass is 10.2. The smallest absolute Gasteiger partial charge is 0.235 e. The van der Waals surface area contributed by atoms with Crippen LogP contribution in [0, 0.1) is 0 Å². The van der Waals surface area contributed by atoms with Crippen LogP contribution in [0.2, 0.25) is 0 Å². The van der Waals surface area contributed by atoms with Gasteiger partial charge in [0.2, 0.25) is 5.91 Å². The van der Waals surface area contributed by atoms with Crippen LogP contribution >= 0.6 is 0 Å². The Balaban J connectivity index is 2.43. The van der Waals surface area contributed by atoms with Crippen LogP contribution in [0.25, 0.3) is 0 Å². The Morgan fingerprint density at radius 1 is 1.41 bits per heavy atom. The molecule has 1 saturated heterocycles. The average molecular weight is 263 g/mol. The van der Waals surface area contributed by atoms with Crippen LogP contribution < -0.4 is 11.1 Å². The van der Waals surface area contributed by atoms with Crippen molar-refractivity contribution in [3.05, 3.63) is 0 Å². The SMILES string of the molecule is CCCNC(CN1CCS(=O)(=O)CC1)C(N)=O. The maximum atomic E-state index is 11.3. The van der Waals surface area contributed by atoms with Crippen molar-refractivity contribution in [3.63, 3.8) is 0 Å². The molecule has 0 aromatic heterocycles. The summed E-state index contributed by atoms with van der Waals surface area (Å²) in [5, 5.41) is 3.07. The molecule has 0 saturated carbocycles. The number of sulfone groups is 1. The fourth-order valence-corrected chi connectivity index (χ4v) is 3.04. The van der Waals surface area contributed by atoms with Crippen LogP contribution in [0.5, 0.6) is 0 Å². The Hall–Kier alpha value is -0.660. The Kier molecular flexibility index (Phi) is 5.35. The van der Waals surface area contributed by atoms with Crippen LogP contribution in [-0.2, 0) is 14.6 Å². The van der Waals surface area contributed by atoms with E-state index in [4.69, 9.17) is 5.73 Å². The summed E-state index contributed by atoms with van der Waals surface area (Å²) in [4.78, 5) is 13.2. The first-order valence-electron chi connectivity index (χ1n) is 5.90. The molecule has 6 nitrogen and oxygen atoms in total. The molecule has 100 valence electrons. The molecule has 1 fully saturated rings. The lowest BCUT2D eigenvalue weighted by Crippen LogP contribution is -2.52. The molecular weight excluding hydrogens is 242 g/mol. The summed E-state index contributed by atoms with van der Waals surface area (Å²) in [5.74, 6) is -0.0368. The molecule has 0 radical (unpaired) electrons. The molecule has 7 heteroatoms. The molecule has 1 unspecified atom stereocenters. The highest BCUT2D eigenvalue weighted by Gasteiger charge is 2.25. The van der Waals surface area contributed by atoms with Gasteiger partial charge >= 0.3 is 0 Å². The number of amides is 1. The molecule has 17 heavy (non-hydrogen) atoms. The Bertz CT molecular complexity index is 342. The van der Waals surface area contributed by atoms with Crippen molar-refractivity contribution in [1.29, 1.82) is 0 Å². The van der Waals surface area contributed by atoms with Gasteiger partial charge < -0.3 is 11.1 Å². The second-order valence-electron chi connectivity index (χ2n) is 4.36. The number of nitrogens with zero attached hydrogens (tertiary/aromatic N) is 1. The van der Waals surface area contributed by atoms with E-state index in [1.54, 1.807) is 0 Å². The van der Waals surface area contributed by atoms with Gasteiger partial charge in [-0.15, -0.1) is 0 Å². The summed E-state index contributed by atoms with van der Waals surface area (Å²) in [7, 11) is -2.87. The first-order chi connectivity index (χ1) is 7.94. The average Bonchev–Trinajstić information content (AvgIpc) is 2.26. The maximum absolute atomic E-state index is 11.3. The molecule has 1 aliphatic rings. The van der Waals surface area contributed by atoms with Crippen molar-refractivity contribution >= 4 is 15.7 Å². The van der Waals surface area contributed by atoms with Gasteiger partial charge in [0.05, 0.1) is 17.5 Å². The van der Waals surface area contributed by atoms with E-state index < -0.39 is 15.9 Å². The maximum Gasteiger partial charge on any atom is 0.235 e. The van der Waals surface area contributed by atoms with Gasteiger partial charge in [0, 0.05) is 19.6 Å². The first-order valence-corrected chi connectivity index (χ1v) is 7.72. The fraction of sp³-hybridized carbons (Fsp3) is 0.900. The second kappa shape index (κ2) is 6.32. The van der Waals surface area contributed by atoms with E-state index in [1.807, 2.05) is 11.8 Å². The molecule has 1 amide bonds. The topological polar surface area (TPSA) is 92.5 Å². The molecule has 0 spiro atoms. The van der Waals surface area contributed by atoms with Gasteiger partial charge in [-0.2, -0.15) is 0 Å². The molecule has 1 atom stereocenters. The lowest BCUT2D eigenvalue weighted by Gasteiger charge is -2.29. The third-order valence-electron chi connectivity index (χ3n) is 2.86. The van der Waals surface area contributed by atoms with Gasteiger partial charge in [-0.25, -0.2) is 8.42 Å². The quantitative estimate of drug-likeness (QED) is 0.613. The van der Waals surface area contributed by atoms with Crippen LogP contribution in [-0.4, -0.2) is 63.0 Å². The normalized spacial score (nSPS) is 22.2. The molecule has 1 aliphatic heterocycles. The predicted molar refractivity (Wildman–Crippen MR) is 66.4 cm³/mol. The van der Waals surface area contributed by atoms with Crippen molar-refractivity contribution in [2.75, 3.05) is 37.7 Å². The molecule has 0 aromatic rings. The zero-order chi connectivity index (χ0) is 12.9. The summed E-state index contributed by atoms with van der Waals surface area (Å²) >= 11 is 0. The molecule has 3 N–H and O–H groups in total. The highest BCUT2D eigenvalue weighted by Crippen LogP contribution is 2.04. The number of carbonyl (C=O) groups is 1. The lowest BCUT2D eigenvalue weighted by molar-refractivity contribution is -0.120. The van der Waals surface area contributed by atoms with Crippen molar-refractivity contribution in [3.8, 4) is 0 Å². The Morgan fingerprint density at radius 2 is 2.00 bits per heavy atom. The fourth-order valence-electron chi connectivity index (χ4n) is 1.76. The summed E-state index contributed by atoms with van der Waals surface area (Å²) in [6.07, 6.45) is 0.929. The summed E-state index contributed by atoms with van der Waals surface area (Å²) in [6, 6.07) is -0.393. The first kappa shape index (κ1) is 14.4. The van der Waals surface area contributed by atoms with Crippen LogP contribution in [0.1, 0.15) is 13.3 Å². The van der Waals surface area contributed by atoms with E-state index in [0.29, 0.717) is 19.6 Å². The van der Waals surface area contributed by atoms with E-state index in [0.717, 1.165) is 13.0 Å². The van der Waals surface area contributed by atoms with Gasteiger partial charge in [0.1, 0.15) is 0 Å². The van der Waals surface area contributed by atoms with Gasteiger partial charge in [-0.1, -0.05) is 6.92 Å². The van der Waals surface area contributed by atoms with Gasteiger partial charge in [-0.05, 0) is 13.0 Å². The standard InChI is InChI=1S/C10H21N3O3S/c1-2-3-12-9(10(11)14)8-13-4-6-17(15,16)7-5-13/h9,12H,2-8H2,1H3,(H2,11,14). The minimum absolute atomic E-state index is 0.173. The minimum atomic E-state index is -2.87. The number of nitrogens with two attached hydrogens (primary N) is 1. The van der Waals surface area contributed by atoms with Crippen molar-refractivity contribution in [2.45, 2.75) is 19.4 Å². The van der Waals surface area contributed by atoms with Gasteiger partial charge in [0.15, 0.2) is 9.84 Å². The monoisotopic (exact) mass is 263 g/mol. The Morgan fingerprint density at radius 3 is 2.47 bits per heavy atom. The molecule has 1 heterocycles. The molecule has 0 aliphatic carbocycles. The molecule has 1 rings (SSSR count). The zero-order valence-electron chi connectivity index (χ0n) is 10.2. The zero-order valence-corrected chi connectivity index (χ0v) is 11.0. The van der Waals surface area contributed by atoms with E-state index in [9.17, 15) is 13.2 Å². The van der Waals surface area contributed by atoms with Crippen LogP contribution in [0.4, 0.5) is 0 Å². The van der Waals surface area contributed by atoms with Crippen molar-refractivity contribution in [1.82, 2.24) is 10.2 Å². The van der Waals surface area contributed by atoms with Crippen LogP contribution in [0.3, 0.4) is 0 Å². The largest absolute Gasteiger partial charge is 0.368 e. The van der Waals surface area contributed by atoms with Crippen molar-refractivity contribution in [2.24, 2.45) is 5.73 Å². The third-order valence-corrected chi connectivity index (χ3v) is 4.47. The number of carbonyl (C=O) groups excluding carboxylic acids is 1. The number of rotatable bonds is 6. The number of hydrogen-bond donors (Lipinski definition) is 2. The number of nitrogens with one attached hydrogen (secondary N) is 1. The van der Waals surface area contributed by atoms with Gasteiger partial charge in [-0.3, -0.25) is 9.69 Å². The van der Waals surface area contributed by atoms with E-state index in [1.165, 1.54) is 0 Å². The third kappa shape index (κ3) is 5.01. The Labute approximate surface area is 102 Å². The van der Waals surface area contributed by atoms with E-state index >= 15 is 0 Å². The summed E-state index contributed by atoms with van der Waals surface area (Å²) in [5.41, 5.74) is 5.30. The predicted octanol–water partition coefficient (Wildman–Crippen LogP) is -1.43. The summed E-state index contributed by atoms with van der Waals surface area (Å²) < 4.78 is 22.5. The highest BCUT2D eigenvalue weighted by atomic mass is 32.2. The molecular formula is C10H21N3O3S. The van der Waals surface area contributed by atoms with Gasteiger partial charge in [0.25, 0.3) is 0 Å². The van der Waals surface area contributed by atoms with Crippen molar-refractivity contribution < 1.29 is 13.2 Å². The molecule has 0 bridgehead atoms. The second-order valence-corrected chi connectivity index (χ2v) is 6.67. The van der Waals surface area contributed by atoms with E-state index in [2.05, 4.69) is 5.32 Å². The van der Waals surface area contributed by atoms with Crippen LogP contribution in [0.15, 0.2) is 0 Å². The summed E-state index contributed by atoms with van der Waals surface area (Å²) in [6.45, 7) is 4.21. The molecule has 0 aromatic carbocycles. The van der Waals surface area contributed by atoms with E-state index in [-0.39, 0.29) is 17.4 Å². The minimum Gasteiger partial charge on any atom is -0.368 e. The number of hydrogen-bond acceptors (Lipinski definition) is 5. The number of primary amides is 1.